The van der Waals surface area contributed by atoms with Crippen LogP contribution in [0.15, 0.2) is 0 Å². The highest BCUT2D eigenvalue weighted by Crippen LogP contribution is 2.31. The summed E-state index contributed by atoms with van der Waals surface area (Å²) in [6, 6.07) is 0. The molecule has 2 aliphatic heterocycles. The van der Waals surface area contributed by atoms with Gasteiger partial charge >= 0.3 is 0 Å². The summed E-state index contributed by atoms with van der Waals surface area (Å²) in [6.45, 7) is 0.141. The lowest BCUT2D eigenvalue weighted by atomic mass is 9.95. The van der Waals surface area contributed by atoms with Crippen molar-refractivity contribution < 1.29 is 24.8 Å². The fraction of sp³-hybridized carbons (Fsp3) is 1.00. The molecule has 6 nitrogen and oxygen atoms in total. The maximum absolute atomic E-state index is 9.41. The largest absolute Gasteiger partial charge is 0.386 e. The molecule has 0 spiro atoms. The summed E-state index contributed by atoms with van der Waals surface area (Å²) in [6.07, 6.45) is -4.29. The Morgan fingerprint density at radius 3 is 2.67 bits per heavy atom. The van der Waals surface area contributed by atoms with Crippen LogP contribution in [-0.4, -0.2) is 52.3 Å². The molecule has 0 aliphatic carbocycles. The van der Waals surface area contributed by atoms with Crippen molar-refractivity contribution in [3.05, 3.63) is 0 Å². The molecule has 5 N–H and O–H groups in total. The number of hydrogen-bond donors (Lipinski definition) is 4. The number of aliphatic hydroxyl groups is 3. The van der Waals surface area contributed by atoms with Gasteiger partial charge in [-0.3, -0.25) is 5.73 Å². The Hall–Kier alpha value is -0.240. The van der Waals surface area contributed by atoms with Crippen LogP contribution in [0.4, 0.5) is 0 Å². The molecule has 0 radical (unpaired) electrons. The molecule has 12 heavy (non-hydrogen) atoms. The molecule has 0 saturated carbocycles. The molecule has 5 atom stereocenters. The van der Waals surface area contributed by atoms with E-state index < -0.39 is 30.3 Å². The Morgan fingerprint density at radius 1 is 1.33 bits per heavy atom. The zero-order chi connectivity index (χ0) is 8.93. The summed E-state index contributed by atoms with van der Waals surface area (Å²) in [7, 11) is 0. The summed E-state index contributed by atoms with van der Waals surface area (Å²) >= 11 is 0. The minimum Gasteiger partial charge on any atom is -0.386 e. The van der Waals surface area contributed by atoms with Crippen molar-refractivity contribution in [2.45, 2.75) is 30.3 Å². The number of hydrogen-bond acceptors (Lipinski definition) is 6. The van der Waals surface area contributed by atoms with E-state index in [4.69, 9.17) is 15.2 Å². The molecule has 70 valence electrons. The Bertz CT molecular complexity index is 178. The third-order valence-corrected chi connectivity index (χ3v) is 2.29. The van der Waals surface area contributed by atoms with Crippen LogP contribution in [-0.2, 0) is 9.47 Å². The van der Waals surface area contributed by atoms with Gasteiger partial charge in [-0.1, -0.05) is 0 Å². The maximum Gasteiger partial charge on any atom is 0.188 e. The van der Waals surface area contributed by atoms with Gasteiger partial charge in [0.1, 0.15) is 18.3 Å². The van der Waals surface area contributed by atoms with Crippen LogP contribution >= 0.6 is 0 Å². The maximum atomic E-state index is 9.41. The van der Waals surface area contributed by atoms with Gasteiger partial charge in [0.25, 0.3) is 0 Å². The molecule has 2 aliphatic rings. The highest BCUT2D eigenvalue weighted by molar-refractivity contribution is 5.00. The fourth-order valence-corrected chi connectivity index (χ4v) is 1.46. The molecular weight excluding hydrogens is 166 g/mol. The minimum absolute atomic E-state index is 0.141. The third kappa shape index (κ3) is 0.905. The second kappa shape index (κ2) is 2.38. The first-order chi connectivity index (χ1) is 5.53. The Kier molecular flexibility index (Phi) is 1.66. The predicted molar refractivity (Wildman–Crippen MR) is 35.8 cm³/mol. The van der Waals surface area contributed by atoms with Gasteiger partial charge in [-0.2, -0.15) is 0 Å². The molecule has 2 heterocycles. The first kappa shape index (κ1) is 8.36. The highest BCUT2D eigenvalue weighted by Gasteiger charge is 2.56. The highest BCUT2D eigenvalue weighted by atomic mass is 16.7. The van der Waals surface area contributed by atoms with Crippen molar-refractivity contribution in [2.24, 2.45) is 5.73 Å². The van der Waals surface area contributed by atoms with Gasteiger partial charge in [-0.15, -0.1) is 0 Å². The van der Waals surface area contributed by atoms with Gasteiger partial charge in [0.2, 0.25) is 0 Å². The smallest absolute Gasteiger partial charge is 0.188 e. The lowest BCUT2D eigenvalue weighted by Gasteiger charge is -2.40. The van der Waals surface area contributed by atoms with E-state index in [1.807, 2.05) is 0 Å². The quantitative estimate of drug-likeness (QED) is 0.296. The first-order valence-electron chi connectivity index (χ1n) is 3.68. The summed E-state index contributed by atoms with van der Waals surface area (Å²) in [4.78, 5) is 0. The Morgan fingerprint density at radius 2 is 2.00 bits per heavy atom. The molecule has 0 aromatic carbocycles. The summed E-state index contributed by atoms with van der Waals surface area (Å²) in [5.41, 5.74) is 3.24. The Balaban J connectivity index is 2.27. The monoisotopic (exact) mass is 177 g/mol. The summed E-state index contributed by atoms with van der Waals surface area (Å²) in [5, 5.41) is 28.1. The van der Waals surface area contributed by atoms with E-state index in [0.717, 1.165) is 0 Å². The Labute approximate surface area is 68.5 Å². The SMILES string of the molecule is N[C@]1(O)[C@H](O)[C@H]2CO[C@H](O2)[C@@H]1O. The zero-order valence-corrected chi connectivity index (χ0v) is 6.25. The molecule has 0 unspecified atom stereocenters. The molecule has 0 amide bonds. The molecular formula is C6H11NO5. The zero-order valence-electron chi connectivity index (χ0n) is 6.25. The predicted octanol–water partition coefficient (Wildman–Crippen LogP) is -2.89. The van der Waals surface area contributed by atoms with Crippen LogP contribution in [0.5, 0.6) is 0 Å². The molecule has 2 bridgehead atoms. The lowest BCUT2D eigenvalue weighted by molar-refractivity contribution is -0.271. The van der Waals surface area contributed by atoms with Crippen molar-refractivity contribution >= 4 is 0 Å². The van der Waals surface area contributed by atoms with Gasteiger partial charge in [0.15, 0.2) is 12.0 Å². The van der Waals surface area contributed by atoms with Crippen LogP contribution < -0.4 is 5.73 Å². The molecule has 2 saturated heterocycles. The van der Waals surface area contributed by atoms with Crippen molar-refractivity contribution in [1.82, 2.24) is 0 Å². The van der Waals surface area contributed by atoms with Crippen molar-refractivity contribution in [1.29, 1.82) is 0 Å². The standard InChI is InChI=1S/C6H11NO5/c7-6(10)3(8)2-1-11-5(12-2)4(6)9/h2-5,8-10H,1,7H2/t2-,3-,4+,5-,6+/m1/s1. The van der Waals surface area contributed by atoms with Crippen LogP contribution in [0.25, 0.3) is 0 Å². The average molecular weight is 177 g/mol. The number of ether oxygens (including phenoxy) is 2. The van der Waals surface area contributed by atoms with E-state index in [-0.39, 0.29) is 6.61 Å². The second-order valence-corrected chi connectivity index (χ2v) is 3.15. The number of rotatable bonds is 0. The average Bonchev–Trinajstić information content (AvgIpc) is 2.45. The van der Waals surface area contributed by atoms with Gasteiger partial charge in [-0.25, -0.2) is 0 Å². The van der Waals surface area contributed by atoms with Crippen LogP contribution in [0.1, 0.15) is 0 Å². The van der Waals surface area contributed by atoms with Crippen LogP contribution in [0.2, 0.25) is 0 Å². The third-order valence-electron chi connectivity index (χ3n) is 2.29. The van der Waals surface area contributed by atoms with E-state index in [2.05, 4.69) is 0 Å². The molecule has 6 heteroatoms. The van der Waals surface area contributed by atoms with E-state index in [1.165, 1.54) is 0 Å². The summed E-state index contributed by atoms with van der Waals surface area (Å²) < 4.78 is 9.92. The number of aliphatic hydroxyl groups excluding tert-OH is 2. The van der Waals surface area contributed by atoms with Gasteiger partial charge in [0.05, 0.1) is 6.61 Å². The van der Waals surface area contributed by atoms with Crippen LogP contribution in [0, 0.1) is 0 Å². The minimum atomic E-state index is -2.04. The second-order valence-electron chi connectivity index (χ2n) is 3.15. The fourth-order valence-electron chi connectivity index (χ4n) is 1.46. The van der Waals surface area contributed by atoms with E-state index in [9.17, 15) is 15.3 Å². The molecule has 0 aromatic heterocycles. The lowest BCUT2D eigenvalue weighted by Crippen LogP contribution is -2.68. The summed E-state index contributed by atoms with van der Waals surface area (Å²) in [5.74, 6) is 0. The molecule has 2 rings (SSSR count). The number of fused-ring (bicyclic) bond motifs is 2. The van der Waals surface area contributed by atoms with E-state index >= 15 is 0 Å². The van der Waals surface area contributed by atoms with Gasteiger partial charge in [-0.05, 0) is 0 Å². The van der Waals surface area contributed by atoms with Crippen molar-refractivity contribution in [3.63, 3.8) is 0 Å². The van der Waals surface area contributed by atoms with E-state index in [1.54, 1.807) is 0 Å². The normalized spacial score (nSPS) is 59.0. The van der Waals surface area contributed by atoms with Crippen molar-refractivity contribution in [2.75, 3.05) is 6.61 Å². The van der Waals surface area contributed by atoms with Gasteiger partial charge < -0.3 is 24.8 Å². The first-order valence-corrected chi connectivity index (χ1v) is 3.68. The van der Waals surface area contributed by atoms with Crippen LogP contribution in [0.3, 0.4) is 0 Å². The topological polar surface area (TPSA) is 105 Å². The van der Waals surface area contributed by atoms with Gasteiger partial charge in [0, 0.05) is 0 Å². The molecule has 0 aromatic rings. The number of nitrogens with two attached hydrogens (primary N) is 1. The van der Waals surface area contributed by atoms with E-state index in [0.29, 0.717) is 0 Å². The van der Waals surface area contributed by atoms with Crippen molar-refractivity contribution in [3.8, 4) is 0 Å². The molecule has 2 fully saturated rings.